The van der Waals surface area contributed by atoms with Gasteiger partial charge in [0, 0.05) is 18.8 Å². The highest BCUT2D eigenvalue weighted by Crippen LogP contribution is 2.27. The van der Waals surface area contributed by atoms with E-state index < -0.39 is 35.8 Å². The average molecular weight is 243 g/mol. The summed E-state index contributed by atoms with van der Waals surface area (Å²) in [6.45, 7) is 0.0207. The number of H-pyrrole nitrogens is 1. The number of hydrogen-bond donors (Lipinski definition) is 4. The van der Waals surface area contributed by atoms with Crippen molar-refractivity contribution in [1.29, 1.82) is 0 Å². The van der Waals surface area contributed by atoms with Gasteiger partial charge in [0.2, 0.25) is 0 Å². The summed E-state index contributed by atoms with van der Waals surface area (Å²) in [7, 11) is 0. The standard InChI is InChI=1S/C9H13N3O5/c10-3-4-6(14)7(15)8(17-4)12-2-1-5(13)11-9(12)16/h1-2,4,6-8,14-15H,3,10H2,(H,11,13,16)/t4-,6+,7?,8-/m1/s1. The lowest BCUT2D eigenvalue weighted by Crippen LogP contribution is -2.38. The van der Waals surface area contributed by atoms with Gasteiger partial charge in [0.1, 0.15) is 18.3 Å². The van der Waals surface area contributed by atoms with Crippen LogP contribution in [0.4, 0.5) is 0 Å². The third-order valence-electron chi connectivity index (χ3n) is 2.69. The molecule has 0 aliphatic carbocycles. The Labute approximate surface area is 95.3 Å². The van der Waals surface area contributed by atoms with Gasteiger partial charge in [-0.2, -0.15) is 0 Å². The molecule has 1 fully saturated rings. The van der Waals surface area contributed by atoms with E-state index in [-0.39, 0.29) is 6.54 Å². The van der Waals surface area contributed by atoms with Crippen LogP contribution in [-0.4, -0.2) is 44.6 Å². The van der Waals surface area contributed by atoms with Gasteiger partial charge in [0.15, 0.2) is 6.23 Å². The lowest BCUT2D eigenvalue weighted by atomic mass is 10.1. The molecule has 1 saturated heterocycles. The van der Waals surface area contributed by atoms with E-state index in [1.165, 1.54) is 6.20 Å². The van der Waals surface area contributed by atoms with E-state index in [1.807, 2.05) is 4.98 Å². The minimum absolute atomic E-state index is 0.0207. The Bertz CT molecular complexity index is 510. The SMILES string of the molecule is NC[C@H]1O[C@@H](n2ccc(=O)[nH]c2=O)C(O)[C@H]1O. The zero-order valence-electron chi connectivity index (χ0n) is 8.81. The van der Waals surface area contributed by atoms with Crippen molar-refractivity contribution in [2.24, 2.45) is 5.73 Å². The molecule has 8 heteroatoms. The second kappa shape index (κ2) is 4.41. The van der Waals surface area contributed by atoms with Crippen LogP contribution in [-0.2, 0) is 4.74 Å². The molecule has 2 heterocycles. The molecule has 1 unspecified atom stereocenters. The van der Waals surface area contributed by atoms with E-state index in [1.54, 1.807) is 0 Å². The zero-order valence-corrected chi connectivity index (χ0v) is 8.81. The highest BCUT2D eigenvalue weighted by atomic mass is 16.6. The predicted octanol–water partition coefficient (Wildman–Crippen LogP) is -2.89. The van der Waals surface area contributed by atoms with Gasteiger partial charge in [-0.15, -0.1) is 0 Å². The van der Waals surface area contributed by atoms with Crippen molar-refractivity contribution < 1.29 is 14.9 Å². The molecule has 1 aromatic heterocycles. The van der Waals surface area contributed by atoms with Crippen LogP contribution < -0.4 is 17.0 Å². The summed E-state index contributed by atoms with van der Waals surface area (Å²) in [6, 6.07) is 1.12. The highest BCUT2D eigenvalue weighted by Gasteiger charge is 2.43. The van der Waals surface area contributed by atoms with Crippen molar-refractivity contribution >= 4 is 0 Å². The number of ether oxygens (including phenoxy) is 1. The molecular formula is C9H13N3O5. The van der Waals surface area contributed by atoms with Crippen LogP contribution in [0.3, 0.4) is 0 Å². The van der Waals surface area contributed by atoms with Crippen molar-refractivity contribution in [3.05, 3.63) is 33.1 Å². The van der Waals surface area contributed by atoms with Gasteiger partial charge in [0.05, 0.1) is 0 Å². The van der Waals surface area contributed by atoms with E-state index in [2.05, 4.69) is 0 Å². The molecule has 0 saturated carbocycles. The van der Waals surface area contributed by atoms with E-state index in [0.717, 1.165) is 10.6 Å². The van der Waals surface area contributed by atoms with E-state index >= 15 is 0 Å². The maximum atomic E-state index is 11.5. The Hall–Kier alpha value is -1.48. The minimum Gasteiger partial charge on any atom is -0.387 e. The molecule has 4 atom stereocenters. The topological polar surface area (TPSA) is 131 Å². The number of aliphatic hydroxyl groups excluding tert-OH is 2. The molecule has 1 aliphatic rings. The minimum atomic E-state index is -1.27. The molecule has 8 nitrogen and oxygen atoms in total. The summed E-state index contributed by atoms with van der Waals surface area (Å²) in [5.74, 6) is 0. The first-order valence-electron chi connectivity index (χ1n) is 5.07. The zero-order chi connectivity index (χ0) is 12.6. The van der Waals surface area contributed by atoms with Gasteiger partial charge < -0.3 is 20.7 Å². The van der Waals surface area contributed by atoms with Crippen LogP contribution in [0.5, 0.6) is 0 Å². The van der Waals surface area contributed by atoms with Gasteiger partial charge in [-0.25, -0.2) is 4.79 Å². The molecule has 0 aromatic carbocycles. The average Bonchev–Trinajstić information content (AvgIpc) is 2.57. The first-order chi connectivity index (χ1) is 8.04. The molecule has 5 N–H and O–H groups in total. The van der Waals surface area contributed by atoms with Crippen LogP contribution in [0.25, 0.3) is 0 Å². The smallest absolute Gasteiger partial charge is 0.330 e. The second-order valence-electron chi connectivity index (χ2n) is 3.80. The Morgan fingerprint density at radius 3 is 2.65 bits per heavy atom. The van der Waals surface area contributed by atoms with Gasteiger partial charge in [0.25, 0.3) is 5.56 Å². The molecule has 2 rings (SSSR count). The monoisotopic (exact) mass is 243 g/mol. The Morgan fingerprint density at radius 2 is 2.12 bits per heavy atom. The molecule has 0 spiro atoms. The lowest BCUT2D eigenvalue weighted by molar-refractivity contribution is -0.0372. The lowest BCUT2D eigenvalue weighted by Gasteiger charge is -2.16. The second-order valence-corrected chi connectivity index (χ2v) is 3.80. The predicted molar refractivity (Wildman–Crippen MR) is 56.3 cm³/mol. The third kappa shape index (κ3) is 2.03. The number of hydrogen-bond acceptors (Lipinski definition) is 6. The number of aromatic nitrogens is 2. The number of nitrogens with zero attached hydrogens (tertiary/aromatic N) is 1. The van der Waals surface area contributed by atoms with Gasteiger partial charge in [-0.05, 0) is 0 Å². The van der Waals surface area contributed by atoms with Crippen molar-refractivity contribution in [1.82, 2.24) is 9.55 Å². The number of rotatable bonds is 2. The fourth-order valence-corrected chi connectivity index (χ4v) is 1.78. The number of nitrogens with one attached hydrogen (secondary N) is 1. The summed E-state index contributed by atoms with van der Waals surface area (Å²) in [4.78, 5) is 24.4. The summed E-state index contributed by atoms with van der Waals surface area (Å²) < 4.78 is 6.26. The fraction of sp³-hybridized carbons (Fsp3) is 0.556. The molecule has 0 amide bonds. The molecule has 94 valence electrons. The van der Waals surface area contributed by atoms with Gasteiger partial charge >= 0.3 is 5.69 Å². The fourth-order valence-electron chi connectivity index (χ4n) is 1.78. The van der Waals surface area contributed by atoms with Crippen molar-refractivity contribution in [2.45, 2.75) is 24.5 Å². The molecule has 0 radical (unpaired) electrons. The first kappa shape index (κ1) is 12.0. The normalized spacial score (nSPS) is 32.9. The maximum absolute atomic E-state index is 11.5. The molecule has 17 heavy (non-hydrogen) atoms. The highest BCUT2D eigenvalue weighted by molar-refractivity contribution is 4.93. The summed E-state index contributed by atoms with van der Waals surface area (Å²) >= 11 is 0. The van der Waals surface area contributed by atoms with Crippen molar-refractivity contribution in [3.63, 3.8) is 0 Å². The number of nitrogens with two attached hydrogens (primary N) is 1. The number of aliphatic hydroxyl groups is 2. The van der Waals surface area contributed by atoms with Crippen LogP contribution >= 0.6 is 0 Å². The van der Waals surface area contributed by atoms with E-state index in [9.17, 15) is 19.8 Å². The van der Waals surface area contributed by atoms with Crippen LogP contribution in [0.1, 0.15) is 6.23 Å². The molecule has 1 aliphatic heterocycles. The maximum Gasteiger partial charge on any atom is 0.330 e. The number of aromatic amines is 1. The largest absolute Gasteiger partial charge is 0.387 e. The molecule has 0 bridgehead atoms. The van der Waals surface area contributed by atoms with Crippen molar-refractivity contribution in [2.75, 3.05) is 6.54 Å². The Balaban J connectivity index is 2.35. The molecule has 1 aromatic rings. The summed E-state index contributed by atoms with van der Waals surface area (Å²) in [6.07, 6.45) is -3.03. The van der Waals surface area contributed by atoms with Gasteiger partial charge in [-0.1, -0.05) is 0 Å². The van der Waals surface area contributed by atoms with E-state index in [0.29, 0.717) is 0 Å². The van der Waals surface area contributed by atoms with Crippen LogP contribution in [0, 0.1) is 0 Å². The summed E-state index contributed by atoms with van der Waals surface area (Å²) in [5, 5.41) is 19.3. The van der Waals surface area contributed by atoms with Crippen molar-refractivity contribution in [3.8, 4) is 0 Å². The van der Waals surface area contributed by atoms with E-state index in [4.69, 9.17) is 10.5 Å². The third-order valence-corrected chi connectivity index (χ3v) is 2.69. The summed E-state index contributed by atoms with van der Waals surface area (Å²) in [5.41, 5.74) is 4.08. The van der Waals surface area contributed by atoms with Crippen LogP contribution in [0.2, 0.25) is 0 Å². The van der Waals surface area contributed by atoms with Gasteiger partial charge in [-0.3, -0.25) is 14.3 Å². The molecular weight excluding hydrogens is 230 g/mol. The quantitative estimate of drug-likeness (QED) is 0.441. The van der Waals surface area contributed by atoms with Crippen LogP contribution in [0.15, 0.2) is 21.9 Å². The Morgan fingerprint density at radius 1 is 1.41 bits per heavy atom. The first-order valence-corrected chi connectivity index (χ1v) is 5.07. The Kier molecular flexibility index (Phi) is 3.11.